The Balaban J connectivity index is 3.23. The molecule has 1 aromatic rings. The summed E-state index contributed by atoms with van der Waals surface area (Å²) in [6, 6.07) is 0. The van der Waals surface area contributed by atoms with Crippen LogP contribution in [0.2, 0.25) is 0 Å². The van der Waals surface area contributed by atoms with E-state index in [1.165, 1.54) is 4.57 Å². The van der Waals surface area contributed by atoms with Crippen molar-refractivity contribution in [2.24, 2.45) is 13.0 Å². The minimum atomic E-state index is -1.08. The summed E-state index contributed by atoms with van der Waals surface area (Å²) in [7, 11) is 1.57. The first kappa shape index (κ1) is 10.6. The molecule has 0 saturated heterocycles. The van der Waals surface area contributed by atoms with Crippen LogP contribution in [0.4, 0.5) is 0 Å². The first-order chi connectivity index (χ1) is 6.43. The summed E-state index contributed by atoms with van der Waals surface area (Å²) in [5.74, 6) is -0.771. The molecule has 1 heterocycles. The molecule has 1 rings (SSSR count). The second kappa shape index (κ2) is 3.69. The average molecular weight is 198 g/mol. The van der Waals surface area contributed by atoms with Crippen LogP contribution in [0.1, 0.15) is 30.0 Å². The van der Waals surface area contributed by atoms with Crippen LogP contribution in [0.3, 0.4) is 0 Å². The Kier molecular flexibility index (Phi) is 2.78. The average Bonchev–Trinajstić information content (AvgIpc) is 2.32. The van der Waals surface area contributed by atoms with Crippen LogP contribution in [0.25, 0.3) is 0 Å². The van der Waals surface area contributed by atoms with E-state index in [0.717, 1.165) is 0 Å². The van der Waals surface area contributed by atoms with Crippen molar-refractivity contribution in [2.75, 3.05) is 0 Å². The summed E-state index contributed by atoms with van der Waals surface area (Å²) in [4.78, 5) is 24.3. The van der Waals surface area contributed by atoms with Crippen LogP contribution >= 0.6 is 0 Å². The number of H-pyrrole nitrogens is 1. The van der Waals surface area contributed by atoms with Gasteiger partial charge < -0.3 is 5.11 Å². The number of aromatic nitrogens is 2. The normalized spacial score (nSPS) is 10.9. The zero-order chi connectivity index (χ0) is 10.9. The molecule has 0 unspecified atom stereocenters. The summed E-state index contributed by atoms with van der Waals surface area (Å²) in [5, 5.41) is 8.83. The number of carboxylic acids is 1. The largest absolute Gasteiger partial charge is 0.477 e. The maximum Gasteiger partial charge on any atom is 0.354 e. The Labute approximate surface area is 81.4 Å². The van der Waals surface area contributed by atoms with Crippen molar-refractivity contribution in [3.05, 3.63) is 21.9 Å². The van der Waals surface area contributed by atoms with Gasteiger partial charge in [0.2, 0.25) is 0 Å². The van der Waals surface area contributed by atoms with E-state index in [9.17, 15) is 9.59 Å². The molecule has 0 atom stereocenters. The molecule has 0 fully saturated rings. The van der Waals surface area contributed by atoms with E-state index in [4.69, 9.17) is 5.11 Å². The lowest BCUT2D eigenvalue weighted by Gasteiger charge is -2.05. The quantitative estimate of drug-likeness (QED) is 0.747. The summed E-state index contributed by atoms with van der Waals surface area (Å²) >= 11 is 0. The molecule has 5 heteroatoms. The molecule has 0 spiro atoms. The Hall–Kier alpha value is -1.52. The van der Waals surface area contributed by atoms with Crippen LogP contribution in [0.15, 0.2) is 4.79 Å². The minimum Gasteiger partial charge on any atom is -0.477 e. The number of carboxylic acid groups (broad SMARTS) is 1. The molecule has 0 aromatic carbocycles. The smallest absolute Gasteiger partial charge is 0.354 e. The van der Waals surface area contributed by atoms with Gasteiger partial charge in [0.15, 0.2) is 0 Å². The molecule has 5 nitrogen and oxygen atoms in total. The lowest BCUT2D eigenvalue weighted by Crippen LogP contribution is -2.15. The van der Waals surface area contributed by atoms with Gasteiger partial charge in [-0.2, -0.15) is 0 Å². The monoisotopic (exact) mass is 198 g/mol. The van der Waals surface area contributed by atoms with Crippen molar-refractivity contribution >= 4 is 5.97 Å². The van der Waals surface area contributed by atoms with Crippen molar-refractivity contribution in [3.63, 3.8) is 0 Å². The standard InChI is InChI=1S/C9H14N2O3/c1-5(2)4-6-7(8(12)13)10-9(14)11(6)3/h5H,4H2,1-3H3,(H,10,14)(H,12,13). The number of aromatic amines is 1. The molecular weight excluding hydrogens is 184 g/mol. The van der Waals surface area contributed by atoms with E-state index in [-0.39, 0.29) is 11.4 Å². The van der Waals surface area contributed by atoms with Crippen LogP contribution in [-0.4, -0.2) is 20.6 Å². The predicted octanol–water partition coefficient (Wildman–Crippen LogP) is 0.610. The number of aromatic carboxylic acids is 1. The fraction of sp³-hybridized carbons (Fsp3) is 0.556. The van der Waals surface area contributed by atoms with E-state index in [1.54, 1.807) is 7.05 Å². The van der Waals surface area contributed by atoms with Crippen molar-refractivity contribution in [2.45, 2.75) is 20.3 Å². The van der Waals surface area contributed by atoms with Gasteiger partial charge in [-0.3, -0.25) is 9.55 Å². The highest BCUT2D eigenvalue weighted by Crippen LogP contribution is 2.09. The summed E-state index contributed by atoms with van der Waals surface area (Å²) < 4.78 is 1.35. The van der Waals surface area contributed by atoms with Crippen LogP contribution < -0.4 is 5.69 Å². The maximum absolute atomic E-state index is 11.2. The second-order valence-electron chi connectivity index (χ2n) is 3.71. The molecule has 0 radical (unpaired) electrons. The van der Waals surface area contributed by atoms with E-state index >= 15 is 0 Å². The number of nitrogens with zero attached hydrogens (tertiary/aromatic N) is 1. The lowest BCUT2D eigenvalue weighted by molar-refractivity contribution is 0.0689. The second-order valence-corrected chi connectivity index (χ2v) is 3.71. The van der Waals surface area contributed by atoms with Crippen molar-refractivity contribution in [1.29, 1.82) is 0 Å². The van der Waals surface area contributed by atoms with Gasteiger partial charge in [0, 0.05) is 7.05 Å². The van der Waals surface area contributed by atoms with E-state index in [2.05, 4.69) is 4.98 Å². The molecule has 78 valence electrons. The molecule has 0 aliphatic rings. The van der Waals surface area contributed by atoms with Gasteiger partial charge in [0.25, 0.3) is 0 Å². The van der Waals surface area contributed by atoms with Gasteiger partial charge in [-0.1, -0.05) is 13.8 Å². The lowest BCUT2D eigenvalue weighted by atomic mass is 10.1. The fourth-order valence-electron chi connectivity index (χ4n) is 1.36. The highest BCUT2D eigenvalue weighted by Gasteiger charge is 2.17. The number of nitrogens with one attached hydrogen (secondary N) is 1. The highest BCUT2D eigenvalue weighted by molar-refractivity contribution is 5.86. The number of imidazole rings is 1. The number of hydrogen-bond donors (Lipinski definition) is 2. The maximum atomic E-state index is 11.2. The van der Waals surface area contributed by atoms with E-state index in [0.29, 0.717) is 18.0 Å². The zero-order valence-corrected chi connectivity index (χ0v) is 8.50. The molecule has 14 heavy (non-hydrogen) atoms. The SMILES string of the molecule is CC(C)Cc1c(C(=O)O)[nH]c(=O)n1C. The Morgan fingerprint density at radius 2 is 2.14 bits per heavy atom. The van der Waals surface area contributed by atoms with Crippen LogP contribution in [0, 0.1) is 5.92 Å². The van der Waals surface area contributed by atoms with E-state index in [1.807, 2.05) is 13.8 Å². The Bertz CT molecular complexity index is 401. The van der Waals surface area contributed by atoms with Gasteiger partial charge in [-0.05, 0) is 12.3 Å². The molecule has 0 aliphatic carbocycles. The van der Waals surface area contributed by atoms with Gasteiger partial charge in [0.05, 0.1) is 5.69 Å². The molecular formula is C9H14N2O3. The summed E-state index contributed by atoms with van der Waals surface area (Å²) in [6.07, 6.45) is 0.580. The molecule has 0 amide bonds. The third-order valence-electron chi connectivity index (χ3n) is 2.05. The van der Waals surface area contributed by atoms with E-state index < -0.39 is 5.97 Å². The first-order valence-electron chi connectivity index (χ1n) is 4.44. The first-order valence-corrected chi connectivity index (χ1v) is 4.44. The fourth-order valence-corrected chi connectivity index (χ4v) is 1.36. The highest BCUT2D eigenvalue weighted by atomic mass is 16.4. The molecule has 0 saturated carbocycles. The third kappa shape index (κ3) is 1.86. The van der Waals surface area contributed by atoms with Crippen molar-refractivity contribution < 1.29 is 9.90 Å². The topological polar surface area (TPSA) is 75.1 Å². The molecule has 2 N–H and O–H groups in total. The molecule has 1 aromatic heterocycles. The van der Waals surface area contributed by atoms with Gasteiger partial charge in [0.1, 0.15) is 5.69 Å². The van der Waals surface area contributed by atoms with Crippen LogP contribution in [-0.2, 0) is 13.5 Å². The molecule has 0 aliphatic heterocycles. The predicted molar refractivity (Wildman–Crippen MR) is 51.5 cm³/mol. The Morgan fingerprint density at radius 1 is 1.57 bits per heavy atom. The third-order valence-corrected chi connectivity index (χ3v) is 2.05. The van der Waals surface area contributed by atoms with Gasteiger partial charge >= 0.3 is 11.7 Å². The minimum absolute atomic E-state index is 0.00574. The number of carbonyl (C=O) groups is 1. The summed E-state index contributed by atoms with van der Waals surface area (Å²) in [6.45, 7) is 3.95. The van der Waals surface area contributed by atoms with Crippen molar-refractivity contribution in [3.8, 4) is 0 Å². The van der Waals surface area contributed by atoms with Gasteiger partial charge in [-0.25, -0.2) is 9.59 Å². The molecule has 0 bridgehead atoms. The van der Waals surface area contributed by atoms with Gasteiger partial charge in [-0.15, -0.1) is 0 Å². The number of hydrogen-bond acceptors (Lipinski definition) is 2. The van der Waals surface area contributed by atoms with Crippen LogP contribution in [0.5, 0.6) is 0 Å². The zero-order valence-electron chi connectivity index (χ0n) is 8.50. The summed E-state index contributed by atoms with van der Waals surface area (Å²) in [5.41, 5.74) is 0.182. The number of rotatable bonds is 3. The van der Waals surface area contributed by atoms with Crippen molar-refractivity contribution in [1.82, 2.24) is 9.55 Å². The Morgan fingerprint density at radius 3 is 2.57 bits per heavy atom.